The highest BCUT2D eigenvalue weighted by atomic mass is 32.2. The third-order valence-electron chi connectivity index (χ3n) is 2.82. The smallest absolute Gasteiger partial charge is 0.0700 e. The fourth-order valence-corrected chi connectivity index (χ4v) is 3.11. The van der Waals surface area contributed by atoms with Gasteiger partial charge in [-0.15, -0.1) is 0 Å². The molecule has 2 aliphatic heterocycles. The fraction of sp³-hybridized carbons (Fsp3) is 1.00. The summed E-state index contributed by atoms with van der Waals surface area (Å²) in [5.74, 6) is 2.66. The molecular weight excluding hydrogens is 182 g/mol. The van der Waals surface area contributed by atoms with E-state index >= 15 is 0 Å². The molecule has 0 spiro atoms. The van der Waals surface area contributed by atoms with Gasteiger partial charge in [0.05, 0.1) is 6.10 Å². The highest BCUT2D eigenvalue weighted by Gasteiger charge is 2.18. The predicted molar refractivity (Wildman–Crippen MR) is 57.3 cm³/mol. The van der Waals surface area contributed by atoms with Crippen LogP contribution in [0.5, 0.6) is 0 Å². The lowest BCUT2D eigenvalue weighted by Crippen LogP contribution is -2.38. The Labute approximate surface area is 84.8 Å². The van der Waals surface area contributed by atoms with Crippen LogP contribution in [0.25, 0.3) is 0 Å². The number of hydrogen-bond acceptors (Lipinski definition) is 3. The van der Waals surface area contributed by atoms with Gasteiger partial charge in [-0.05, 0) is 31.4 Å². The molecule has 2 atom stereocenters. The van der Waals surface area contributed by atoms with E-state index in [-0.39, 0.29) is 0 Å². The zero-order valence-electron chi connectivity index (χ0n) is 8.13. The van der Waals surface area contributed by atoms with Crippen molar-refractivity contribution in [3.8, 4) is 0 Å². The first-order valence-electron chi connectivity index (χ1n) is 5.38. The van der Waals surface area contributed by atoms with Crippen LogP contribution in [0, 0.1) is 0 Å². The van der Waals surface area contributed by atoms with Gasteiger partial charge >= 0.3 is 0 Å². The molecular formula is C10H19NOS. The fourth-order valence-electron chi connectivity index (χ4n) is 2.01. The van der Waals surface area contributed by atoms with Crippen molar-refractivity contribution < 1.29 is 4.74 Å². The van der Waals surface area contributed by atoms with Crippen molar-refractivity contribution in [1.29, 1.82) is 0 Å². The first-order valence-corrected chi connectivity index (χ1v) is 6.53. The molecule has 0 aromatic rings. The lowest BCUT2D eigenvalue weighted by Gasteiger charge is -2.23. The summed E-state index contributed by atoms with van der Waals surface area (Å²) < 4.78 is 5.57. The molecule has 2 rings (SSSR count). The molecule has 76 valence electrons. The Morgan fingerprint density at radius 2 is 2.31 bits per heavy atom. The van der Waals surface area contributed by atoms with E-state index in [9.17, 15) is 0 Å². The Balaban J connectivity index is 1.60. The van der Waals surface area contributed by atoms with Crippen molar-refractivity contribution in [2.45, 2.75) is 37.8 Å². The summed E-state index contributed by atoms with van der Waals surface area (Å²) in [7, 11) is 0. The maximum Gasteiger partial charge on any atom is 0.0700 e. The second-order valence-electron chi connectivity index (χ2n) is 3.96. The Hall–Kier alpha value is 0.270. The van der Waals surface area contributed by atoms with Crippen molar-refractivity contribution in [2.75, 3.05) is 24.7 Å². The van der Waals surface area contributed by atoms with Crippen LogP contribution in [0.3, 0.4) is 0 Å². The second-order valence-corrected chi connectivity index (χ2v) is 5.11. The van der Waals surface area contributed by atoms with Crippen LogP contribution in [0.15, 0.2) is 0 Å². The van der Waals surface area contributed by atoms with Gasteiger partial charge in [0.1, 0.15) is 0 Å². The quantitative estimate of drug-likeness (QED) is 0.750. The number of ether oxygens (including phenoxy) is 1. The van der Waals surface area contributed by atoms with Crippen LogP contribution in [-0.4, -0.2) is 36.8 Å². The van der Waals surface area contributed by atoms with E-state index in [0.29, 0.717) is 6.10 Å². The molecule has 0 aromatic carbocycles. The molecule has 0 amide bonds. The summed E-state index contributed by atoms with van der Waals surface area (Å²) in [5.41, 5.74) is 0. The highest BCUT2D eigenvalue weighted by Crippen LogP contribution is 2.17. The number of rotatable bonds is 3. The average Bonchev–Trinajstić information content (AvgIpc) is 2.69. The van der Waals surface area contributed by atoms with Crippen LogP contribution in [0.2, 0.25) is 0 Å². The van der Waals surface area contributed by atoms with E-state index in [1.165, 1.54) is 37.2 Å². The van der Waals surface area contributed by atoms with E-state index in [1.54, 1.807) is 0 Å². The molecule has 2 nitrogen and oxygen atoms in total. The van der Waals surface area contributed by atoms with Gasteiger partial charge in [0, 0.05) is 24.9 Å². The minimum Gasteiger partial charge on any atom is -0.377 e. The molecule has 2 fully saturated rings. The van der Waals surface area contributed by atoms with Crippen LogP contribution >= 0.6 is 11.8 Å². The van der Waals surface area contributed by atoms with Gasteiger partial charge in [0.2, 0.25) is 0 Å². The van der Waals surface area contributed by atoms with Gasteiger partial charge in [-0.25, -0.2) is 0 Å². The molecule has 13 heavy (non-hydrogen) atoms. The number of nitrogens with one attached hydrogen (secondary N) is 1. The van der Waals surface area contributed by atoms with Gasteiger partial charge < -0.3 is 10.1 Å². The molecule has 2 saturated heterocycles. The molecule has 2 heterocycles. The molecule has 2 aliphatic rings. The molecule has 0 saturated carbocycles. The largest absolute Gasteiger partial charge is 0.377 e. The second kappa shape index (κ2) is 5.23. The van der Waals surface area contributed by atoms with Crippen LogP contribution in [-0.2, 0) is 4.74 Å². The van der Waals surface area contributed by atoms with Gasteiger partial charge in [-0.2, -0.15) is 11.8 Å². The summed E-state index contributed by atoms with van der Waals surface area (Å²) >= 11 is 2.08. The summed E-state index contributed by atoms with van der Waals surface area (Å²) in [6.07, 6.45) is 5.76. The molecule has 1 N–H and O–H groups in total. The Morgan fingerprint density at radius 3 is 3.00 bits per heavy atom. The van der Waals surface area contributed by atoms with Gasteiger partial charge in [-0.3, -0.25) is 0 Å². The van der Waals surface area contributed by atoms with Crippen LogP contribution in [0.4, 0.5) is 0 Å². The first kappa shape index (κ1) is 9.81. The first-order chi connectivity index (χ1) is 6.45. The molecule has 3 heteroatoms. The SMILES string of the molecule is C1CSCC(NCC2CCCO2)C1. The summed E-state index contributed by atoms with van der Waals surface area (Å²) in [4.78, 5) is 0. The third kappa shape index (κ3) is 3.15. The molecule has 0 aliphatic carbocycles. The summed E-state index contributed by atoms with van der Waals surface area (Å²) in [5, 5.41) is 3.62. The van der Waals surface area contributed by atoms with Gasteiger partial charge in [-0.1, -0.05) is 0 Å². The Bertz CT molecular complexity index is 142. The Kier molecular flexibility index (Phi) is 3.94. The maximum absolute atomic E-state index is 5.57. The van der Waals surface area contributed by atoms with Crippen molar-refractivity contribution in [3.05, 3.63) is 0 Å². The van der Waals surface area contributed by atoms with Crippen LogP contribution < -0.4 is 5.32 Å². The molecule has 0 radical (unpaired) electrons. The van der Waals surface area contributed by atoms with Crippen molar-refractivity contribution in [1.82, 2.24) is 5.32 Å². The van der Waals surface area contributed by atoms with Crippen LogP contribution in [0.1, 0.15) is 25.7 Å². The maximum atomic E-state index is 5.57. The van der Waals surface area contributed by atoms with E-state index in [0.717, 1.165) is 19.2 Å². The average molecular weight is 201 g/mol. The topological polar surface area (TPSA) is 21.3 Å². The van der Waals surface area contributed by atoms with E-state index < -0.39 is 0 Å². The summed E-state index contributed by atoms with van der Waals surface area (Å²) in [6.45, 7) is 2.05. The third-order valence-corrected chi connectivity index (χ3v) is 4.03. The molecule has 0 aromatic heterocycles. The normalized spacial score (nSPS) is 35.1. The monoisotopic (exact) mass is 201 g/mol. The van der Waals surface area contributed by atoms with Crippen molar-refractivity contribution in [3.63, 3.8) is 0 Å². The Morgan fingerprint density at radius 1 is 1.31 bits per heavy atom. The highest BCUT2D eigenvalue weighted by molar-refractivity contribution is 7.99. The van der Waals surface area contributed by atoms with Crippen molar-refractivity contribution in [2.24, 2.45) is 0 Å². The zero-order chi connectivity index (χ0) is 8.93. The summed E-state index contributed by atoms with van der Waals surface area (Å²) in [6, 6.07) is 0.753. The number of thioether (sulfide) groups is 1. The standard InChI is InChI=1S/C10H19NOS/c1-4-10(12-5-1)7-11-9-3-2-6-13-8-9/h9-11H,1-8H2. The minimum atomic E-state index is 0.506. The van der Waals surface area contributed by atoms with E-state index in [2.05, 4.69) is 17.1 Å². The van der Waals surface area contributed by atoms with Crippen molar-refractivity contribution >= 4 is 11.8 Å². The lowest BCUT2D eigenvalue weighted by atomic mass is 10.1. The predicted octanol–water partition coefficient (Wildman–Crippen LogP) is 1.65. The van der Waals surface area contributed by atoms with E-state index in [4.69, 9.17) is 4.74 Å². The molecule has 2 unspecified atom stereocenters. The van der Waals surface area contributed by atoms with E-state index in [1.807, 2.05) is 0 Å². The minimum absolute atomic E-state index is 0.506. The van der Waals surface area contributed by atoms with Gasteiger partial charge in [0.25, 0.3) is 0 Å². The van der Waals surface area contributed by atoms with Gasteiger partial charge in [0.15, 0.2) is 0 Å². The number of hydrogen-bond donors (Lipinski definition) is 1. The zero-order valence-corrected chi connectivity index (χ0v) is 8.94. The molecule has 0 bridgehead atoms. The lowest BCUT2D eigenvalue weighted by molar-refractivity contribution is 0.107.